The molecule has 0 heterocycles. The molecular formula is C6H10S. The number of thiocarbonyl (C=S) groups is 1. The zero-order valence-electron chi connectivity index (χ0n) is 4.77. The summed E-state index contributed by atoms with van der Waals surface area (Å²) in [5, 5.41) is 1.89. The SMILES string of the molecule is CC1(C)CC1C=S. The highest BCUT2D eigenvalue weighted by Gasteiger charge is 2.43. The average molecular weight is 114 g/mol. The molecule has 1 rings (SSSR count). The van der Waals surface area contributed by atoms with Crippen LogP contribution in [0, 0.1) is 11.3 Å². The molecule has 0 amide bonds. The Hall–Kier alpha value is 0.0900. The average Bonchev–Trinajstić information content (AvgIpc) is 2.13. The van der Waals surface area contributed by atoms with Gasteiger partial charge in [0, 0.05) is 0 Å². The van der Waals surface area contributed by atoms with Crippen LogP contribution in [-0.2, 0) is 0 Å². The summed E-state index contributed by atoms with van der Waals surface area (Å²) >= 11 is 4.76. The maximum atomic E-state index is 4.76. The van der Waals surface area contributed by atoms with Crippen molar-refractivity contribution in [2.45, 2.75) is 20.3 Å². The van der Waals surface area contributed by atoms with Crippen LogP contribution in [0.5, 0.6) is 0 Å². The number of hydrogen-bond acceptors (Lipinski definition) is 1. The Kier molecular flexibility index (Phi) is 0.959. The van der Waals surface area contributed by atoms with Crippen molar-refractivity contribution in [3.63, 3.8) is 0 Å². The van der Waals surface area contributed by atoms with Gasteiger partial charge in [0.1, 0.15) is 0 Å². The van der Waals surface area contributed by atoms with Crippen molar-refractivity contribution in [1.29, 1.82) is 0 Å². The van der Waals surface area contributed by atoms with Crippen LogP contribution < -0.4 is 0 Å². The molecule has 0 nitrogen and oxygen atoms in total. The topological polar surface area (TPSA) is 0 Å². The van der Waals surface area contributed by atoms with Crippen molar-refractivity contribution in [2.24, 2.45) is 11.3 Å². The fraction of sp³-hybridized carbons (Fsp3) is 0.833. The Labute approximate surface area is 49.9 Å². The minimum Gasteiger partial charge on any atom is -0.0932 e. The van der Waals surface area contributed by atoms with Crippen molar-refractivity contribution in [3.8, 4) is 0 Å². The van der Waals surface area contributed by atoms with Gasteiger partial charge in [-0.1, -0.05) is 26.1 Å². The standard InChI is InChI=1S/C6H10S/c1-6(2)3-5(6)4-7/h4-5H,3H2,1-2H3. The fourth-order valence-corrected chi connectivity index (χ4v) is 1.20. The van der Waals surface area contributed by atoms with E-state index in [1.807, 2.05) is 5.37 Å². The molecule has 1 atom stereocenters. The molecule has 0 bridgehead atoms. The summed E-state index contributed by atoms with van der Waals surface area (Å²) in [5.41, 5.74) is 0.557. The monoisotopic (exact) mass is 114 g/mol. The van der Waals surface area contributed by atoms with Gasteiger partial charge in [0.05, 0.1) is 0 Å². The molecule has 0 radical (unpaired) electrons. The third-order valence-corrected chi connectivity index (χ3v) is 2.08. The minimum atomic E-state index is 0.557. The first-order valence-corrected chi connectivity index (χ1v) is 3.09. The van der Waals surface area contributed by atoms with E-state index < -0.39 is 0 Å². The van der Waals surface area contributed by atoms with Crippen molar-refractivity contribution in [1.82, 2.24) is 0 Å². The first kappa shape index (κ1) is 5.23. The molecule has 0 aromatic carbocycles. The lowest BCUT2D eigenvalue weighted by molar-refractivity contribution is 0.627. The van der Waals surface area contributed by atoms with Crippen LogP contribution in [0.2, 0.25) is 0 Å². The molecule has 1 heteroatoms. The van der Waals surface area contributed by atoms with Gasteiger partial charge in [-0.05, 0) is 23.1 Å². The lowest BCUT2D eigenvalue weighted by Gasteiger charge is -1.92. The maximum Gasteiger partial charge on any atom is -0.00716 e. The Balaban J connectivity index is 2.44. The zero-order valence-corrected chi connectivity index (χ0v) is 5.59. The fourth-order valence-electron chi connectivity index (χ4n) is 0.740. The van der Waals surface area contributed by atoms with Crippen molar-refractivity contribution >= 4 is 17.6 Å². The van der Waals surface area contributed by atoms with E-state index in [-0.39, 0.29) is 0 Å². The first-order chi connectivity index (χ1) is 3.17. The Morgan fingerprint density at radius 2 is 2.14 bits per heavy atom. The highest BCUT2D eigenvalue weighted by Crippen LogP contribution is 2.50. The predicted octanol–water partition coefficient (Wildman–Crippen LogP) is 2.03. The Morgan fingerprint density at radius 3 is 2.14 bits per heavy atom. The molecule has 1 saturated carbocycles. The quantitative estimate of drug-likeness (QED) is 0.470. The summed E-state index contributed by atoms with van der Waals surface area (Å²) in [7, 11) is 0. The first-order valence-electron chi connectivity index (χ1n) is 2.62. The molecular weight excluding hydrogens is 104 g/mol. The van der Waals surface area contributed by atoms with Gasteiger partial charge in [-0.3, -0.25) is 0 Å². The van der Waals surface area contributed by atoms with Gasteiger partial charge in [-0.25, -0.2) is 0 Å². The van der Waals surface area contributed by atoms with Crippen molar-refractivity contribution in [3.05, 3.63) is 0 Å². The normalized spacial score (nSPS) is 34.9. The van der Waals surface area contributed by atoms with Crippen LogP contribution in [0.3, 0.4) is 0 Å². The van der Waals surface area contributed by atoms with Crippen molar-refractivity contribution in [2.75, 3.05) is 0 Å². The zero-order chi connectivity index (χ0) is 5.49. The molecule has 0 aliphatic heterocycles. The van der Waals surface area contributed by atoms with Gasteiger partial charge >= 0.3 is 0 Å². The van der Waals surface area contributed by atoms with Crippen LogP contribution in [0.25, 0.3) is 0 Å². The maximum absolute atomic E-state index is 4.76. The summed E-state index contributed by atoms with van der Waals surface area (Å²) in [4.78, 5) is 0. The molecule has 1 aliphatic carbocycles. The highest BCUT2D eigenvalue weighted by molar-refractivity contribution is 7.79. The molecule has 40 valence electrons. The molecule has 1 fully saturated rings. The Bertz CT molecular complexity index is 94.4. The molecule has 1 aliphatic rings. The highest BCUT2D eigenvalue weighted by atomic mass is 32.1. The minimum absolute atomic E-state index is 0.557. The summed E-state index contributed by atoms with van der Waals surface area (Å²) in [6.45, 7) is 4.50. The van der Waals surface area contributed by atoms with Gasteiger partial charge in [-0.2, -0.15) is 0 Å². The van der Waals surface area contributed by atoms with Crippen LogP contribution in [0.1, 0.15) is 20.3 Å². The number of rotatable bonds is 1. The lowest BCUT2D eigenvalue weighted by atomic mass is 10.1. The van der Waals surface area contributed by atoms with Gasteiger partial charge in [-0.15, -0.1) is 0 Å². The van der Waals surface area contributed by atoms with E-state index in [1.54, 1.807) is 0 Å². The van der Waals surface area contributed by atoms with Crippen LogP contribution in [-0.4, -0.2) is 5.37 Å². The molecule has 0 aromatic rings. The van der Waals surface area contributed by atoms with Gasteiger partial charge in [0.25, 0.3) is 0 Å². The molecule has 1 unspecified atom stereocenters. The third-order valence-electron chi connectivity index (χ3n) is 1.75. The van der Waals surface area contributed by atoms with Gasteiger partial charge < -0.3 is 0 Å². The third kappa shape index (κ3) is 0.828. The van der Waals surface area contributed by atoms with Gasteiger partial charge in [0.15, 0.2) is 0 Å². The molecule has 0 saturated heterocycles. The number of hydrogen-bond donors (Lipinski definition) is 0. The smallest absolute Gasteiger partial charge is 0.00716 e. The van der Waals surface area contributed by atoms with E-state index in [2.05, 4.69) is 13.8 Å². The van der Waals surface area contributed by atoms with E-state index in [0.717, 1.165) is 5.92 Å². The van der Waals surface area contributed by atoms with Crippen molar-refractivity contribution < 1.29 is 0 Å². The molecule has 0 N–H and O–H groups in total. The predicted molar refractivity (Wildman–Crippen MR) is 35.5 cm³/mol. The molecule has 0 spiro atoms. The largest absolute Gasteiger partial charge is 0.0932 e. The Morgan fingerprint density at radius 1 is 1.71 bits per heavy atom. The van der Waals surface area contributed by atoms with E-state index in [0.29, 0.717) is 5.41 Å². The second-order valence-corrected chi connectivity index (χ2v) is 3.21. The lowest BCUT2D eigenvalue weighted by Crippen LogP contribution is -1.87. The van der Waals surface area contributed by atoms with Crippen LogP contribution in [0.4, 0.5) is 0 Å². The second kappa shape index (κ2) is 1.28. The van der Waals surface area contributed by atoms with Crippen LogP contribution >= 0.6 is 12.2 Å². The summed E-state index contributed by atoms with van der Waals surface area (Å²) in [6.07, 6.45) is 1.30. The molecule has 7 heavy (non-hydrogen) atoms. The summed E-state index contributed by atoms with van der Waals surface area (Å²) in [6, 6.07) is 0. The van der Waals surface area contributed by atoms with Crippen LogP contribution in [0.15, 0.2) is 0 Å². The summed E-state index contributed by atoms with van der Waals surface area (Å²) < 4.78 is 0. The summed E-state index contributed by atoms with van der Waals surface area (Å²) in [5.74, 6) is 0.738. The van der Waals surface area contributed by atoms with E-state index in [9.17, 15) is 0 Å². The van der Waals surface area contributed by atoms with Gasteiger partial charge in [0.2, 0.25) is 0 Å². The molecule has 0 aromatic heterocycles. The van der Waals surface area contributed by atoms with E-state index in [1.165, 1.54) is 6.42 Å². The van der Waals surface area contributed by atoms with E-state index >= 15 is 0 Å². The van der Waals surface area contributed by atoms with E-state index in [4.69, 9.17) is 12.2 Å². The second-order valence-electron chi connectivity index (χ2n) is 2.94.